The van der Waals surface area contributed by atoms with Crippen molar-refractivity contribution in [3.8, 4) is 0 Å². The number of hydrogen-bond donors (Lipinski definition) is 2. The van der Waals surface area contributed by atoms with Crippen molar-refractivity contribution < 1.29 is 23.1 Å². The third kappa shape index (κ3) is 3.91. The second kappa shape index (κ2) is 6.83. The SMILES string of the molecule is COC(=O)c1ccc(NCC(=O)NC(C)C)c(F)c1F. The van der Waals surface area contributed by atoms with Gasteiger partial charge in [-0.2, -0.15) is 0 Å². The lowest BCUT2D eigenvalue weighted by atomic mass is 10.2. The summed E-state index contributed by atoms with van der Waals surface area (Å²) in [7, 11) is 1.07. The number of esters is 1. The Morgan fingerprint density at radius 1 is 1.25 bits per heavy atom. The zero-order valence-corrected chi connectivity index (χ0v) is 11.4. The van der Waals surface area contributed by atoms with Crippen molar-refractivity contribution in [3.63, 3.8) is 0 Å². The average Bonchev–Trinajstić information content (AvgIpc) is 2.39. The van der Waals surface area contributed by atoms with Gasteiger partial charge in [0.2, 0.25) is 5.91 Å². The molecule has 0 aliphatic rings. The molecule has 0 unspecified atom stereocenters. The molecule has 0 aliphatic carbocycles. The number of halogens is 2. The summed E-state index contributed by atoms with van der Waals surface area (Å²) in [5, 5.41) is 5.06. The number of benzene rings is 1. The zero-order chi connectivity index (χ0) is 15.3. The predicted octanol–water partition coefficient (Wildman–Crippen LogP) is 1.69. The van der Waals surface area contributed by atoms with Crippen LogP contribution in [0.5, 0.6) is 0 Å². The Morgan fingerprint density at radius 2 is 1.90 bits per heavy atom. The summed E-state index contributed by atoms with van der Waals surface area (Å²) < 4.78 is 31.6. The van der Waals surface area contributed by atoms with Crippen molar-refractivity contribution in [3.05, 3.63) is 29.3 Å². The number of methoxy groups -OCH3 is 1. The normalized spacial score (nSPS) is 10.3. The lowest BCUT2D eigenvalue weighted by Crippen LogP contribution is -2.35. The number of carbonyl (C=O) groups is 2. The van der Waals surface area contributed by atoms with Crippen LogP contribution in [0.1, 0.15) is 24.2 Å². The Balaban J connectivity index is 2.81. The summed E-state index contributed by atoms with van der Waals surface area (Å²) in [6, 6.07) is 2.22. The highest BCUT2D eigenvalue weighted by atomic mass is 19.2. The Kier molecular flexibility index (Phi) is 5.42. The third-order valence-electron chi connectivity index (χ3n) is 2.38. The van der Waals surface area contributed by atoms with Gasteiger partial charge >= 0.3 is 5.97 Å². The van der Waals surface area contributed by atoms with E-state index in [1.165, 1.54) is 6.07 Å². The predicted molar refractivity (Wildman–Crippen MR) is 69.5 cm³/mol. The highest BCUT2D eigenvalue weighted by molar-refractivity contribution is 5.90. The standard InChI is InChI=1S/C13H16F2N2O3/c1-7(2)17-10(18)6-16-9-5-4-8(13(19)20-3)11(14)12(9)15/h4-5,7,16H,6H2,1-3H3,(H,17,18). The Hall–Kier alpha value is -2.18. The van der Waals surface area contributed by atoms with Crippen LogP contribution in [-0.4, -0.2) is 31.6 Å². The van der Waals surface area contributed by atoms with Crippen LogP contribution in [0.25, 0.3) is 0 Å². The fourth-order valence-corrected chi connectivity index (χ4v) is 1.50. The molecule has 20 heavy (non-hydrogen) atoms. The van der Waals surface area contributed by atoms with Gasteiger partial charge in [-0.15, -0.1) is 0 Å². The van der Waals surface area contributed by atoms with Crippen molar-refractivity contribution in [1.82, 2.24) is 5.32 Å². The molecular formula is C13H16F2N2O3. The molecule has 0 bridgehead atoms. The summed E-state index contributed by atoms with van der Waals surface area (Å²) in [4.78, 5) is 22.6. The summed E-state index contributed by atoms with van der Waals surface area (Å²) in [5.74, 6) is -3.86. The van der Waals surface area contributed by atoms with Gasteiger partial charge in [0.05, 0.1) is 24.9 Å². The van der Waals surface area contributed by atoms with Crippen molar-refractivity contribution >= 4 is 17.6 Å². The van der Waals surface area contributed by atoms with Crippen LogP contribution >= 0.6 is 0 Å². The van der Waals surface area contributed by atoms with Crippen LogP contribution in [0.2, 0.25) is 0 Å². The second-order valence-corrected chi connectivity index (χ2v) is 4.36. The summed E-state index contributed by atoms with van der Waals surface area (Å²) in [6.07, 6.45) is 0. The highest BCUT2D eigenvalue weighted by Crippen LogP contribution is 2.21. The second-order valence-electron chi connectivity index (χ2n) is 4.36. The van der Waals surface area contributed by atoms with Crippen LogP contribution in [-0.2, 0) is 9.53 Å². The monoisotopic (exact) mass is 286 g/mol. The molecule has 0 aliphatic heterocycles. The van der Waals surface area contributed by atoms with Gasteiger partial charge in [0.15, 0.2) is 11.6 Å². The van der Waals surface area contributed by atoms with E-state index in [1.807, 2.05) is 0 Å². The number of nitrogens with one attached hydrogen (secondary N) is 2. The number of carbonyl (C=O) groups excluding carboxylic acids is 2. The van der Waals surface area contributed by atoms with Gasteiger partial charge in [-0.05, 0) is 26.0 Å². The first-order valence-electron chi connectivity index (χ1n) is 5.96. The first kappa shape index (κ1) is 15.9. The van der Waals surface area contributed by atoms with Crippen LogP contribution < -0.4 is 10.6 Å². The molecule has 1 rings (SSSR count). The van der Waals surface area contributed by atoms with E-state index in [1.54, 1.807) is 13.8 Å². The molecule has 0 atom stereocenters. The number of ether oxygens (including phenoxy) is 1. The topological polar surface area (TPSA) is 67.4 Å². The van der Waals surface area contributed by atoms with E-state index in [0.717, 1.165) is 13.2 Å². The van der Waals surface area contributed by atoms with Gasteiger partial charge in [-0.3, -0.25) is 4.79 Å². The lowest BCUT2D eigenvalue weighted by Gasteiger charge is -2.11. The van der Waals surface area contributed by atoms with E-state index < -0.39 is 23.2 Å². The zero-order valence-electron chi connectivity index (χ0n) is 11.4. The smallest absolute Gasteiger partial charge is 0.340 e. The Labute approximate surface area is 115 Å². The van der Waals surface area contributed by atoms with Gasteiger partial charge < -0.3 is 15.4 Å². The van der Waals surface area contributed by atoms with Gasteiger partial charge in [0.1, 0.15) is 0 Å². The molecule has 0 heterocycles. The molecule has 2 N–H and O–H groups in total. The van der Waals surface area contributed by atoms with Crippen molar-refractivity contribution in [2.75, 3.05) is 19.0 Å². The van der Waals surface area contributed by atoms with Crippen molar-refractivity contribution in [2.24, 2.45) is 0 Å². The average molecular weight is 286 g/mol. The largest absolute Gasteiger partial charge is 0.465 e. The van der Waals surface area contributed by atoms with Crippen LogP contribution in [0.4, 0.5) is 14.5 Å². The lowest BCUT2D eigenvalue weighted by molar-refractivity contribution is -0.119. The van der Waals surface area contributed by atoms with Crippen LogP contribution in [0, 0.1) is 11.6 Å². The molecule has 110 valence electrons. The minimum atomic E-state index is -1.31. The number of rotatable bonds is 5. The summed E-state index contributed by atoms with van der Waals surface area (Å²) in [6.45, 7) is 3.36. The molecule has 1 aromatic carbocycles. The first-order valence-corrected chi connectivity index (χ1v) is 5.96. The quantitative estimate of drug-likeness (QED) is 0.808. The highest BCUT2D eigenvalue weighted by Gasteiger charge is 2.19. The van der Waals surface area contributed by atoms with Crippen LogP contribution in [0.15, 0.2) is 12.1 Å². The van der Waals surface area contributed by atoms with E-state index in [9.17, 15) is 18.4 Å². The fraction of sp³-hybridized carbons (Fsp3) is 0.385. The van der Waals surface area contributed by atoms with Crippen molar-refractivity contribution in [2.45, 2.75) is 19.9 Å². The van der Waals surface area contributed by atoms with E-state index in [2.05, 4.69) is 15.4 Å². The maximum atomic E-state index is 13.7. The summed E-state index contributed by atoms with van der Waals surface area (Å²) in [5.41, 5.74) is -0.698. The number of amides is 1. The van der Waals surface area contributed by atoms with Crippen LogP contribution in [0.3, 0.4) is 0 Å². The molecule has 0 aromatic heterocycles. The molecule has 5 nitrogen and oxygen atoms in total. The Morgan fingerprint density at radius 3 is 2.45 bits per heavy atom. The summed E-state index contributed by atoms with van der Waals surface area (Å²) >= 11 is 0. The molecular weight excluding hydrogens is 270 g/mol. The molecule has 1 aromatic rings. The molecule has 0 spiro atoms. The van der Waals surface area contributed by atoms with E-state index in [-0.39, 0.29) is 24.2 Å². The van der Waals surface area contributed by atoms with Gasteiger partial charge in [0, 0.05) is 6.04 Å². The minimum absolute atomic E-state index is 0.0485. The third-order valence-corrected chi connectivity index (χ3v) is 2.38. The molecule has 0 saturated carbocycles. The number of anilines is 1. The van der Waals surface area contributed by atoms with Gasteiger partial charge in [-0.1, -0.05) is 0 Å². The van der Waals surface area contributed by atoms with E-state index in [0.29, 0.717) is 0 Å². The molecule has 7 heteroatoms. The van der Waals surface area contributed by atoms with E-state index in [4.69, 9.17) is 0 Å². The number of hydrogen-bond acceptors (Lipinski definition) is 4. The Bertz CT molecular complexity index is 519. The van der Waals surface area contributed by atoms with Gasteiger partial charge in [0.25, 0.3) is 0 Å². The molecule has 1 amide bonds. The van der Waals surface area contributed by atoms with Gasteiger partial charge in [-0.25, -0.2) is 13.6 Å². The maximum absolute atomic E-state index is 13.7. The van der Waals surface area contributed by atoms with Crippen molar-refractivity contribution in [1.29, 1.82) is 0 Å². The minimum Gasteiger partial charge on any atom is -0.465 e. The van der Waals surface area contributed by atoms with E-state index >= 15 is 0 Å². The maximum Gasteiger partial charge on any atom is 0.340 e. The molecule has 0 fully saturated rings. The fourth-order valence-electron chi connectivity index (χ4n) is 1.50. The molecule has 0 radical (unpaired) electrons. The molecule has 0 saturated heterocycles. The first-order chi connectivity index (χ1) is 9.36.